The van der Waals surface area contributed by atoms with E-state index in [1.807, 2.05) is 5.32 Å². The summed E-state index contributed by atoms with van der Waals surface area (Å²) in [6.07, 6.45) is -2.62. The average Bonchev–Trinajstić information content (AvgIpc) is 3.02. The van der Waals surface area contributed by atoms with Gasteiger partial charge in [-0.05, 0) is 42.3 Å². The predicted octanol–water partition coefficient (Wildman–Crippen LogP) is 5.15. The first-order valence-corrected chi connectivity index (χ1v) is 14.1. The maximum atomic E-state index is 14.9. The van der Waals surface area contributed by atoms with Crippen LogP contribution in [0.3, 0.4) is 0 Å². The minimum atomic E-state index is -4.70. The zero-order valence-electron chi connectivity index (χ0n) is 24.7. The first-order valence-electron chi connectivity index (χ1n) is 14.1. The Kier molecular flexibility index (Phi) is 8.98. The summed E-state index contributed by atoms with van der Waals surface area (Å²) >= 11 is 0. The number of alkyl halides is 3. The standard InChI is InChI=1S/C31H27F5N6O5/c1-3-24(31(34,35)36)39-16-12-19(32)25(20(33)13-16)27(43)40-21(29(45)46)11-15-6-7-22(26-17(15)5-4-9-38-26)42-28(44)18-8-10-37-14-23(18)41(2)30(42)47/h4-10,12-14,21,24,28,39,44H,3,11H2,1-2H3,(H,40,43)(H,45,46)/t21-,24+,28?/m0/s1. The predicted molar refractivity (Wildman–Crippen MR) is 160 cm³/mol. The second-order valence-electron chi connectivity index (χ2n) is 10.7. The number of hydrogen-bond acceptors (Lipinski definition) is 7. The monoisotopic (exact) mass is 658 g/mol. The van der Waals surface area contributed by atoms with Crippen molar-refractivity contribution in [2.24, 2.45) is 0 Å². The maximum Gasteiger partial charge on any atom is 0.408 e. The lowest BCUT2D eigenvalue weighted by atomic mass is 9.98. The van der Waals surface area contributed by atoms with Gasteiger partial charge in [0.05, 0.1) is 23.1 Å². The lowest BCUT2D eigenvalue weighted by Gasteiger charge is -2.38. The number of nitrogens with zero attached hydrogens (tertiary/aromatic N) is 4. The number of carbonyl (C=O) groups excluding carboxylic acids is 2. The molecule has 0 saturated heterocycles. The molecule has 246 valence electrons. The van der Waals surface area contributed by atoms with Gasteiger partial charge < -0.3 is 20.8 Å². The van der Waals surface area contributed by atoms with E-state index < -0.39 is 78.1 Å². The Hall–Kier alpha value is -5.38. The highest BCUT2D eigenvalue weighted by molar-refractivity contribution is 6.10. The maximum absolute atomic E-state index is 14.9. The summed E-state index contributed by atoms with van der Waals surface area (Å²) in [6.45, 7) is 1.23. The lowest BCUT2D eigenvalue weighted by molar-refractivity contribution is -0.143. The fraction of sp³-hybridized carbons (Fsp3) is 0.258. The third-order valence-corrected chi connectivity index (χ3v) is 7.75. The van der Waals surface area contributed by atoms with Crippen molar-refractivity contribution < 1.29 is 46.5 Å². The third kappa shape index (κ3) is 6.36. The number of aliphatic hydroxyl groups is 1. The molecule has 0 radical (unpaired) electrons. The Balaban J connectivity index is 1.43. The van der Waals surface area contributed by atoms with Crippen LogP contribution < -0.4 is 20.4 Å². The summed E-state index contributed by atoms with van der Waals surface area (Å²) in [7, 11) is 1.51. The number of urea groups is 1. The number of fused-ring (bicyclic) bond motifs is 2. The molecule has 1 unspecified atom stereocenters. The first-order chi connectivity index (χ1) is 22.2. The van der Waals surface area contributed by atoms with E-state index in [-0.39, 0.29) is 11.2 Å². The number of nitrogens with one attached hydrogen (secondary N) is 2. The number of rotatable bonds is 9. The highest BCUT2D eigenvalue weighted by Crippen LogP contribution is 2.40. The minimum Gasteiger partial charge on any atom is -0.480 e. The molecule has 3 atom stereocenters. The van der Waals surface area contributed by atoms with Gasteiger partial charge in [-0.25, -0.2) is 18.4 Å². The highest BCUT2D eigenvalue weighted by Gasteiger charge is 2.39. The van der Waals surface area contributed by atoms with Gasteiger partial charge >= 0.3 is 18.2 Å². The van der Waals surface area contributed by atoms with E-state index in [1.54, 1.807) is 18.2 Å². The van der Waals surface area contributed by atoms with Gasteiger partial charge in [0.2, 0.25) is 0 Å². The quantitative estimate of drug-likeness (QED) is 0.181. The first kappa shape index (κ1) is 33.0. The molecule has 0 saturated carbocycles. The van der Waals surface area contributed by atoms with E-state index >= 15 is 0 Å². The number of aromatic nitrogens is 2. The number of aliphatic hydroxyl groups excluding tert-OH is 1. The number of carbonyl (C=O) groups is 3. The lowest BCUT2D eigenvalue weighted by Crippen LogP contribution is -2.48. The van der Waals surface area contributed by atoms with E-state index in [0.29, 0.717) is 34.3 Å². The van der Waals surface area contributed by atoms with E-state index in [0.717, 1.165) is 4.90 Å². The van der Waals surface area contributed by atoms with Crippen LogP contribution in [0.5, 0.6) is 0 Å². The van der Waals surface area contributed by atoms with Crippen LogP contribution in [0.4, 0.5) is 43.8 Å². The van der Waals surface area contributed by atoms with Crippen molar-refractivity contribution >= 4 is 45.9 Å². The van der Waals surface area contributed by atoms with Crippen LogP contribution in [-0.4, -0.2) is 63.4 Å². The van der Waals surface area contributed by atoms with Crippen LogP contribution in [0.15, 0.2) is 61.1 Å². The Morgan fingerprint density at radius 1 is 1.06 bits per heavy atom. The highest BCUT2D eigenvalue weighted by atomic mass is 19.4. The van der Waals surface area contributed by atoms with Crippen LogP contribution in [0, 0.1) is 11.6 Å². The number of hydrogen-bond donors (Lipinski definition) is 4. The largest absolute Gasteiger partial charge is 0.480 e. The molecule has 0 bridgehead atoms. The van der Waals surface area contributed by atoms with Crippen molar-refractivity contribution in [2.75, 3.05) is 22.2 Å². The van der Waals surface area contributed by atoms with Crippen molar-refractivity contribution in [2.45, 2.75) is 44.3 Å². The van der Waals surface area contributed by atoms with Gasteiger partial charge in [-0.15, -0.1) is 0 Å². The van der Waals surface area contributed by atoms with E-state index in [4.69, 9.17) is 0 Å². The van der Waals surface area contributed by atoms with Crippen LogP contribution in [0.1, 0.15) is 41.1 Å². The van der Waals surface area contributed by atoms with E-state index in [9.17, 15) is 46.5 Å². The van der Waals surface area contributed by atoms with Gasteiger partial charge in [-0.1, -0.05) is 19.1 Å². The number of amides is 3. The normalized spacial score (nSPS) is 16.1. The number of carboxylic acids is 1. The van der Waals surface area contributed by atoms with Crippen molar-refractivity contribution in [3.8, 4) is 0 Å². The number of pyridine rings is 2. The van der Waals surface area contributed by atoms with Crippen molar-refractivity contribution in [3.63, 3.8) is 0 Å². The Bertz CT molecular complexity index is 1850. The summed E-state index contributed by atoms with van der Waals surface area (Å²) in [4.78, 5) is 49.2. The molecule has 1 aliphatic heterocycles. The molecular weight excluding hydrogens is 631 g/mol. The molecule has 11 nitrogen and oxygen atoms in total. The number of benzene rings is 2. The second-order valence-corrected chi connectivity index (χ2v) is 10.7. The minimum absolute atomic E-state index is 0.195. The zero-order valence-corrected chi connectivity index (χ0v) is 24.7. The van der Waals surface area contributed by atoms with E-state index in [2.05, 4.69) is 15.3 Å². The SMILES string of the molecule is CC[C@@H](Nc1cc(F)c(C(=O)N[C@@H](Cc2ccc(N3C(=O)N(C)c4cnccc4C3O)c3ncccc23)C(=O)O)c(F)c1)C(F)(F)F. The molecule has 3 amide bonds. The molecule has 16 heteroatoms. The molecule has 2 aromatic heterocycles. The molecule has 1 aliphatic rings. The number of carboxylic acid groups (broad SMARTS) is 1. The molecule has 47 heavy (non-hydrogen) atoms. The van der Waals surface area contributed by atoms with E-state index in [1.165, 1.54) is 49.6 Å². The van der Waals surface area contributed by atoms with Gasteiger partial charge in [0.15, 0.2) is 6.23 Å². The van der Waals surface area contributed by atoms with Gasteiger partial charge in [-0.3, -0.25) is 24.6 Å². The van der Waals surface area contributed by atoms with Gasteiger partial charge in [0.25, 0.3) is 5.91 Å². The molecule has 0 spiro atoms. The molecule has 3 heterocycles. The fourth-order valence-corrected chi connectivity index (χ4v) is 5.37. The van der Waals surface area contributed by atoms with Crippen LogP contribution in [-0.2, 0) is 11.2 Å². The van der Waals surface area contributed by atoms with Crippen LogP contribution >= 0.6 is 0 Å². The van der Waals surface area contributed by atoms with Gasteiger partial charge in [0, 0.05) is 42.5 Å². The second kappa shape index (κ2) is 12.8. The summed E-state index contributed by atoms with van der Waals surface area (Å²) in [5, 5.41) is 25.5. The zero-order chi connectivity index (χ0) is 34.2. The smallest absolute Gasteiger partial charge is 0.408 e. The van der Waals surface area contributed by atoms with Crippen LogP contribution in [0.2, 0.25) is 0 Å². The molecule has 4 N–H and O–H groups in total. The van der Waals surface area contributed by atoms with Crippen molar-refractivity contribution in [1.82, 2.24) is 15.3 Å². The topological polar surface area (TPSA) is 148 Å². The Labute approximate surface area is 263 Å². The summed E-state index contributed by atoms with van der Waals surface area (Å²) in [5.74, 6) is -6.00. The number of aliphatic carboxylic acids is 1. The summed E-state index contributed by atoms with van der Waals surface area (Å²) in [5.41, 5.74) is -0.207. The molecule has 5 rings (SSSR count). The molecule has 0 fully saturated rings. The average molecular weight is 659 g/mol. The molecule has 0 aliphatic carbocycles. The van der Waals surface area contributed by atoms with Crippen molar-refractivity contribution in [3.05, 3.63) is 89.4 Å². The van der Waals surface area contributed by atoms with Gasteiger partial charge in [-0.2, -0.15) is 13.2 Å². The number of anilines is 3. The Morgan fingerprint density at radius 2 is 1.77 bits per heavy atom. The van der Waals surface area contributed by atoms with Crippen LogP contribution in [0.25, 0.3) is 10.9 Å². The molecular formula is C31H27F5N6O5. The summed E-state index contributed by atoms with van der Waals surface area (Å²) < 4.78 is 69.1. The fourth-order valence-electron chi connectivity index (χ4n) is 5.37. The molecule has 2 aromatic carbocycles. The van der Waals surface area contributed by atoms with Crippen molar-refractivity contribution in [1.29, 1.82) is 0 Å². The third-order valence-electron chi connectivity index (χ3n) is 7.75. The molecule has 4 aromatic rings. The summed E-state index contributed by atoms with van der Waals surface area (Å²) in [6, 6.07) is 4.22. The number of halogens is 5. The van der Waals surface area contributed by atoms with Gasteiger partial charge in [0.1, 0.15) is 29.3 Å². The Morgan fingerprint density at radius 3 is 2.40 bits per heavy atom.